The Balaban J connectivity index is 1.59. The molecule has 128 valence electrons. The number of rotatable bonds is 3. The maximum atomic E-state index is 12.5. The van der Waals surface area contributed by atoms with Gasteiger partial charge in [-0.25, -0.2) is 4.98 Å². The molecular formula is C20H21N3O2. The van der Waals surface area contributed by atoms with Gasteiger partial charge in [-0.1, -0.05) is 32.9 Å². The molecule has 0 saturated carbocycles. The Morgan fingerprint density at radius 3 is 2.52 bits per heavy atom. The number of hydrogen-bond donors (Lipinski definition) is 0. The lowest BCUT2D eigenvalue weighted by molar-refractivity contribution is 0.0159. The molecule has 3 rings (SSSR count). The van der Waals surface area contributed by atoms with Crippen LogP contribution in [-0.2, 0) is 5.41 Å². The van der Waals surface area contributed by atoms with E-state index in [1.165, 1.54) is 5.56 Å². The van der Waals surface area contributed by atoms with E-state index in [9.17, 15) is 4.79 Å². The molecule has 1 aromatic carbocycles. The third-order valence-electron chi connectivity index (χ3n) is 4.30. The van der Waals surface area contributed by atoms with Crippen LogP contribution in [0.3, 0.4) is 0 Å². The first-order chi connectivity index (χ1) is 11.9. The van der Waals surface area contributed by atoms with Crippen LogP contribution >= 0.6 is 0 Å². The van der Waals surface area contributed by atoms with Crippen LogP contribution < -0.4 is 4.74 Å². The average molecular weight is 335 g/mol. The zero-order valence-electron chi connectivity index (χ0n) is 14.7. The molecule has 1 saturated heterocycles. The van der Waals surface area contributed by atoms with E-state index in [0.717, 1.165) is 0 Å². The zero-order chi connectivity index (χ0) is 18.0. The van der Waals surface area contributed by atoms with Crippen molar-refractivity contribution in [2.24, 2.45) is 0 Å². The minimum absolute atomic E-state index is 0.00170. The zero-order valence-corrected chi connectivity index (χ0v) is 14.7. The first-order valence-corrected chi connectivity index (χ1v) is 8.30. The number of amides is 1. The Bertz CT molecular complexity index is 810. The summed E-state index contributed by atoms with van der Waals surface area (Å²) in [6.07, 6.45) is 1.47. The molecule has 0 spiro atoms. The molecule has 5 heteroatoms. The molecular weight excluding hydrogens is 314 g/mol. The van der Waals surface area contributed by atoms with Crippen LogP contribution in [0, 0.1) is 11.3 Å². The minimum atomic E-state index is -0.125. The Labute approximate surface area is 147 Å². The first kappa shape index (κ1) is 17.0. The SMILES string of the molecule is CC(C)(C)c1ccc(C(=O)N2CC(Oc3ncccc3C#N)C2)cc1. The predicted octanol–water partition coefficient (Wildman–Crippen LogP) is 3.15. The second-order valence-corrected chi connectivity index (χ2v) is 7.25. The molecule has 1 aliphatic heterocycles. The van der Waals surface area contributed by atoms with Gasteiger partial charge in [-0.15, -0.1) is 0 Å². The number of ether oxygens (including phenoxy) is 1. The highest BCUT2D eigenvalue weighted by Crippen LogP contribution is 2.24. The Morgan fingerprint density at radius 1 is 1.24 bits per heavy atom. The third-order valence-corrected chi connectivity index (χ3v) is 4.30. The smallest absolute Gasteiger partial charge is 0.254 e. The van der Waals surface area contributed by atoms with E-state index < -0.39 is 0 Å². The highest BCUT2D eigenvalue weighted by Gasteiger charge is 2.33. The highest BCUT2D eigenvalue weighted by molar-refractivity contribution is 5.94. The molecule has 1 aliphatic rings. The monoisotopic (exact) mass is 335 g/mol. The van der Waals surface area contributed by atoms with Gasteiger partial charge in [-0.05, 0) is 35.2 Å². The van der Waals surface area contributed by atoms with Crippen LogP contribution in [-0.4, -0.2) is 35.0 Å². The van der Waals surface area contributed by atoms with Crippen molar-refractivity contribution in [3.8, 4) is 11.9 Å². The maximum absolute atomic E-state index is 12.5. The van der Waals surface area contributed by atoms with Gasteiger partial charge in [-0.2, -0.15) is 5.26 Å². The minimum Gasteiger partial charge on any atom is -0.470 e. The van der Waals surface area contributed by atoms with Crippen molar-refractivity contribution in [1.82, 2.24) is 9.88 Å². The van der Waals surface area contributed by atoms with Gasteiger partial charge >= 0.3 is 0 Å². The van der Waals surface area contributed by atoms with Crippen molar-refractivity contribution in [2.75, 3.05) is 13.1 Å². The quantitative estimate of drug-likeness (QED) is 0.864. The number of carbonyl (C=O) groups is 1. The van der Waals surface area contributed by atoms with Gasteiger partial charge in [0.05, 0.1) is 13.1 Å². The lowest BCUT2D eigenvalue weighted by atomic mass is 9.86. The summed E-state index contributed by atoms with van der Waals surface area (Å²) in [6.45, 7) is 7.44. The van der Waals surface area contributed by atoms with E-state index in [1.54, 1.807) is 23.2 Å². The van der Waals surface area contributed by atoms with Gasteiger partial charge in [0.25, 0.3) is 5.91 Å². The molecule has 2 heterocycles. The summed E-state index contributed by atoms with van der Waals surface area (Å²) in [5, 5.41) is 9.06. The summed E-state index contributed by atoms with van der Waals surface area (Å²) < 4.78 is 5.72. The van der Waals surface area contributed by atoms with Crippen LogP contribution in [0.4, 0.5) is 0 Å². The van der Waals surface area contributed by atoms with Crippen LogP contribution in [0.2, 0.25) is 0 Å². The van der Waals surface area contributed by atoms with E-state index in [0.29, 0.717) is 30.1 Å². The van der Waals surface area contributed by atoms with E-state index in [-0.39, 0.29) is 17.4 Å². The summed E-state index contributed by atoms with van der Waals surface area (Å²) in [6, 6.07) is 13.2. The number of aromatic nitrogens is 1. The van der Waals surface area contributed by atoms with Gasteiger partial charge in [0.15, 0.2) is 0 Å². The van der Waals surface area contributed by atoms with E-state index in [2.05, 4.69) is 31.8 Å². The Hall–Kier alpha value is -2.87. The fraction of sp³-hybridized carbons (Fsp3) is 0.350. The standard InChI is InChI=1S/C20H21N3O2/c1-20(2,3)16-8-6-14(7-9-16)19(24)23-12-17(13-23)25-18-15(11-21)5-4-10-22-18/h4-10,17H,12-13H2,1-3H3. The molecule has 2 aromatic rings. The van der Waals surface area contributed by atoms with Crippen LogP contribution in [0.15, 0.2) is 42.6 Å². The Morgan fingerprint density at radius 2 is 1.92 bits per heavy atom. The molecule has 1 aromatic heterocycles. The van der Waals surface area contributed by atoms with Crippen molar-refractivity contribution in [2.45, 2.75) is 32.3 Å². The average Bonchev–Trinajstić information content (AvgIpc) is 2.57. The molecule has 0 N–H and O–H groups in total. The predicted molar refractivity (Wildman–Crippen MR) is 94.4 cm³/mol. The molecule has 25 heavy (non-hydrogen) atoms. The van der Waals surface area contributed by atoms with Crippen LogP contribution in [0.5, 0.6) is 5.88 Å². The molecule has 0 radical (unpaired) electrons. The molecule has 1 amide bonds. The Kier molecular flexibility index (Phi) is 4.45. The second-order valence-electron chi connectivity index (χ2n) is 7.25. The summed E-state index contributed by atoms with van der Waals surface area (Å²) in [4.78, 5) is 18.3. The van der Waals surface area contributed by atoms with Crippen molar-refractivity contribution in [1.29, 1.82) is 5.26 Å². The first-order valence-electron chi connectivity index (χ1n) is 8.30. The summed E-state index contributed by atoms with van der Waals surface area (Å²) in [5.74, 6) is 0.332. The maximum Gasteiger partial charge on any atom is 0.254 e. The van der Waals surface area contributed by atoms with E-state index in [4.69, 9.17) is 10.00 Å². The fourth-order valence-electron chi connectivity index (χ4n) is 2.70. The molecule has 5 nitrogen and oxygen atoms in total. The number of nitriles is 1. The lowest BCUT2D eigenvalue weighted by Crippen LogP contribution is -2.56. The topological polar surface area (TPSA) is 66.2 Å². The number of benzene rings is 1. The number of pyridine rings is 1. The van der Waals surface area contributed by atoms with Gasteiger partial charge < -0.3 is 9.64 Å². The molecule has 0 aliphatic carbocycles. The molecule has 0 bridgehead atoms. The summed E-state index contributed by atoms with van der Waals surface area (Å²) >= 11 is 0. The molecule has 0 atom stereocenters. The van der Waals surface area contributed by atoms with Gasteiger partial charge in [0.1, 0.15) is 17.7 Å². The summed E-state index contributed by atoms with van der Waals surface area (Å²) in [5.41, 5.74) is 2.36. The number of hydrogen-bond acceptors (Lipinski definition) is 4. The third kappa shape index (κ3) is 3.63. The number of nitrogens with zero attached hydrogens (tertiary/aromatic N) is 3. The van der Waals surface area contributed by atoms with E-state index in [1.807, 2.05) is 24.3 Å². The van der Waals surface area contributed by atoms with Crippen LogP contribution in [0.25, 0.3) is 0 Å². The van der Waals surface area contributed by atoms with Gasteiger partial charge in [0.2, 0.25) is 5.88 Å². The molecule has 1 fully saturated rings. The highest BCUT2D eigenvalue weighted by atomic mass is 16.5. The van der Waals surface area contributed by atoms with Crippen molar-refractivity contribution < 1.29 is 9.53 Å². The fourth-order valence-corrected chi connectivity index (χ4v) is 2.70. The number of likely N-dealkylation sites (tertiary alicyclic amines) is 1. The van der Waals surface area contributed by atoms with Crippen LogP contribution in [0.1, 0.15) is 42.3 Å². The van der Waals surface area contributed by atoms with E-state index >= 15 is 0 Å². The van der Waals surface area contributed by atoms with Crippen molar-refractivity contribution >= 4 is 5.91 Å². The number of carbonyl (C=O) groups excluding carboxylic acids is 1. The van der Waals surface area contributed by atoms with Gasteiger partial charge in [-0.3, -0.25) is 4.79 Å². The van der Waals surface area contributed by atoms with Crippen molar-refractivity contribution in [3.05, 3.63) is 59.3 Å². The largest absolute Gasteiger partial charge is 0.470 e. The second kappa shape index (κ2) is 6.56. The lowest BCUT2D eigenvalue weighted by Gasteiger charge is -2.38. The van der Waals surface area contributed by atoms with Gasteiger partial charge in [0, 0.05) is 11.8 Å². The summed E-state index contributed by atoms with van der Waals surface area (Å²) in [7, 11) is 0. The normalized spacial score (nSPS) is 14.6. The van der Waals surface area contributed by atoms with Crippen molar-refractivity contribution in [3.63, 3.8) is 0 Å². The molecule has 0 unspecified atom stereocenters.